The minimum atomic E-state index is -2.03. The first-order valence-corrected chi connectivity index (χ1v) is 14.8. The largest absolute Gasteiger partial charge is 0.449 e. The molecule has 0 heterocycles. The number of allylic oxidation sites excluding steroid dienone is 4. The average molecular weight is 539 g/mol. The smallest absolute Gasteiger partial charge is 0.316 e. The van der Waals surface area contributed by atoms with Gasteiger partial charge < -0.3 is 9.84 Å². The summed E-state index contributed by atoms with van der Waals surface area (Å²) in [6.07, 6.45) is 6.13. The monoisotopic (exact) mass is 538 g/mol. The second-order valence-corrected chi connectivity index (χ2v) is 13.3. The van der Waals surface area contributed by atoms with E-state index in [1.54, 1.807) is 19.3 Å². The van der Waals surface area contributed by atoms with E-state index < -0.39 is 46.0 Å². The van der Waals surface area contributed by atoms with Crippen LogP contribution in [0.3, 0.4) is 0 Å². The number of thioether (sulfide) groups is 2. The summed E-state index contributed by atoms with van der Waals surface area (Å²) < 4.78 is 23.5. The summed E-state index contributed by atoms with van der Waals surface area (Å²) in [4.78, 5) is 50.4. The van der Waals surface area contributed by atoms with Gasteiger partial charge in [0.1, 0.15) is 0 Å². The lowest BCUT2D eigenvalue weighted by molar-refractivity contribution is -0.226. The number of fused-ring (bicyclic) bond motifs is 5. The first-order valence-electron chi connectivity index (χ1n) is 12.5. The zero-order valence-corrected chi connectivity index (χ0v) is 23.1. The summed E-state index contributed by atoms with van der Waals surface area (Å²) in [5, 5.41) is 11.3. The van der Waals surface area contributed by atoms with Crippen molar-refractivity contribution in [3.8, 4) is 0 Å². The molecule has 3 saturated carbocycles. The van der Waals surface area contributed by atoms with Gasteiger partial charge in [-0.2, -0.15) is 11.8 Å². The molecule has 0 amide bonds. The van der Waals surface area contributed by atoms with E-state index in [1.165, 1.54) is 30.8 Å². The Balaban J connectivity index is 1.81. The van der Waals surface area contributed by atoms with E-state index in [9.17, 15) is 24.3 Å². The topological polar surface area (TPSA) is 97.7 Å². The molecule has 0 radical (unpaired) electrons. The van der Waals surface area contributed by atoms with Crippen molar-refractivity contribution in [2.45, 2.75) is 70.8 Å². The van der Waals surface area contributed by atoms with Crippen LogP contribution in [-0.4, -0.2) is 62.9 Å². The van der Waals surface area contributed by atoms with Gasteiger partial charge in [-0.05, 0) is 56.9 Å². The Morgan fingerprint density at radius 3 is 2.56 bits per heavy atom. The van der Waals surface area contributed by atoms with E-state index in [0.29, 0.717) is 24.8 Å². The zero-order valence-electron chi connectivity index (χ0n) is 21.5. The number of rotatable bonds is 6. The Morgan fingerprint density at radius 1 is 1.22 bits per heavy atom. The third-order valence-electron chi connectivity index (χ3n) is 9.54. The number of carbonyl (C=O) groups excluding carboxylic acids is 4. The molecular formula is C27H35FO6S2. The summed E-state index contributed by atoms with van der Waals surface area (Å²) >= 11 is 2.16. The zero-order chi connectivity index (χ0) is 26.7. The Morgan fingerprint density at radius 2 is 1.92 bits per heavy atom. The highest BCUT2D eigenvalue weighted by molar-refractivity contribution is 8.14. The molecule has 3 fully saturated rings. The van der Waals surface area contributed by atoms with E-state index in [4.69, 9.17) is 4.74 Å². The molecule has 0 aromatic carbocycles. The number of hydrogen-bond acceptors (Lipinski definition) is 8. The van der Waals surface area contributed by atoms with Crippen LogP contribution in [-0.2, 0) is 23.9 Å². The first kappa shape index (κ1) is 27.6. The van der Waals surface area contributed by atoms with Gasteiger partial charge in [-0.25, -0.2) is 4.39 Å². The fourth-order valence-corrected chi connectivity index (χ4v) is 8.84. The normalized spacial score (nSPS) is 43.2. The molecule has 0 aromatic rings. The second kappa shape index (κ2) is 9.38. The molecule has 1 N–H and O–H groups in total. The van der Waals surface area contributed by atoms with Gasteiger partial charge in [0.25, 0.3) is 0 Å². The number of alkyl halides is 1. The van der Waals surface area contributed by atoms with Crippen molar-refractivity contribution in [2.24, 2.45) is 28.6 Å². The number of hydrogen-bond donors (Lipinski definition) is 1. The number of esters is 1. The first-order chi connectivity index (χ1) is 16.8. The van der Waals surface area contributed by atoms with Gasteiger partial charge in [-0.15, -0.1) is 0 Å². The van der Waals surface area contributed by atoms with Crippen molar-refractivity contribution in [3.05, 3.63) is 23.8 Å². The molecule has 0 spiro atoms. The SMILES string of the molecule is CSCC(=O)O[C@]1(C(=O)CSC(C)=O)[C@@H](C)C[C@H]2[C@@H]3CCC4=CC(=O)C=C[C@]4(C)[C@@]3(F)[C@@H](O)C[C@@]21C. The quantitative estimate of drug-likeness (QED) is 0.505. The molecule has 4 rings (SSSR count). The van der Waals surface area contributed by atoms with Gasteiger partial charge in [0.2, 0.25) is 0 Å². The van der Waals surface area contributed by atoms with Gasteiger partial charge in [0, 0.05) is 29.6 Å². The van der Waals surface area contributed by atoms with Crippen LogP contribution in [0, 0.1) is 28.6 Å². The van der Waals surface area contributed by atoms with Gasteiger partial charge in [0.05, 0.1) is 17.6 Å². The molecular weight excluding hydrogens is 503 g/mol. The molecule has 4 aliphatic rings. The Kier molecular flexibility index (Phi) is 7.19. The Bertz CT molecular complexity index is 1060. The second-order valence-electron chi connectivity index (χ2n) is 11.2. The third-order valence-corrected chi connectivity index (χ3v) is 10.9. The van der Waals surface area contributed by atoms with E-state index in [2.05, 4.69) is 0 Å². The predicted molar refractivity (Wildman–Crippen MR) is 138 cm³/mol. The number of Topliss-reactive ketones (excluding diaryl/α,β-unsaturated/α-hetero) is 1. The van der Waals surface area contributed by atoms with Crippen LogP contribution in [0.2, 0.25) is 0 Å². The van der Waals surface area contributed by atoms with Crippen molar-refractivity contribution in [2.75, 3.05) is 17.8 Å². The lowest BCUT2D eigenvalue weighted by Crippen LogP contribution is -2.70. The highest BCUT2D eigenvalue weighted by Crippen LogP contribution is 2.71. The van der Waals surface area contributed by atoms with Gasteiger partial charge in [0.15, 0.2) is 28.0 Å². The fourth-order valence-electron chi connectivity index (χ4n) is 8.00. The lowest BCUT2D eigenvalue weighted by atomic mass is 9.44. The van der Waals surface area contributed by atoms with Crippen LogP contribution < -0.4 is 0 Å². The van der Waals surface area contributed by atoms with Crippen molar-refractivity contribution >= 4 is 46.2 Å². The number of aliphatic hydroxyl groups is 1. The molecule has 9 heteroatoms. The molecule has 0 aliphatic heterocycles. The molecule has 36 heavy (non-hydrogen) atoms. The highest BCUT2D eigenvalue weighted by atomic mass is 32.2. The molecule has 4 aliphatic carbocycles. The van der Waals surface area contributed by atoms with Crippen LogP contribution >= 0.6 is 23.5 Å². The molecule has 6 nitrogen and oxygen atoms in total. The maximum absolute atomic E-state index is 17.4. The van der Waals surface area contributed by atoms with E-state index >= 15 is 4.39 Å². The molecule has 0 bridgehead atoms. The summed E-state index contributed by atoms with van der Waals surface area (Å²) in [5.74, 6) is -2.50. The van der Waals surface area contributed by atoms with Crippen molar-refractivity contribution < 1.29 is 33.4 Å². The molecule has 0 aromatic heterocycles. The minimum absolute atomic E-state index is 0.0619. The standard InChI is InChI=1S/C27H35FO6S2/c1-15-10-20-19-7-6-17-11-18(30)8-9-24(17,3)26(19,28)21(31)12-25(20,4)27(15,34-23(33)14-35-5)22(32)13-36-16(2)29/h8-9,11,15,19-21,31H,6-7,10,12-14H2,1-5H3/t15-,19-,20-,21-,24-,25-,26-,27-/m0/s1. The maximum atomic E-state index is 17.4. The number of ether oxygens (including phenoxy) is 1. The van der Waals surface area contributed by atoms with Crippen molar-refractivity contribution in [3.63, 3.8) is 0 Å². The molecule has 198 valence electrons. The Hall–Kier alpha value is -1.45. The summed E-state index contributed by atoms with van der Waals surface area (Å²) in [6.45, 7) is 6.83. The number of halogens is 1. The van der Waals surface area contributed by atoms with Crippen LogP contribution in [0.5, 0.6) is 0 Å². The summed E-state index contributed by atoms with van der Waals surface area (Å²) in [5.41, 5.74) is -5.06. The minimum Gasteiger partial charge on any atom is -0.449 e. The average Bonchev–Trinajstić information content (AvgIpc) is 3.01. The number of aliphatic hydroxyl groups excluding tert-OH is 1. The van der Waals surface area contributed by atoms with E-state index in [1.807, 2.05) is 13.8 Å². The summed E-state index contributed by atoms with van der Waals surface area (Å²) in [7, 11) is 0. The van der Waals surface area contributed by atoms with Crippen molar-refractivity contribution in [1.82, 2.24) is 0 Å². The van der Waals surface area contributed by atoms with E-state index in [0.717, 1.165) is 11.8 Å². The van der Waals surface area contributed by atoms with Crippen LogP contribution in [0.1, 0.15) is 53.4 Å². The number of ketones is 2. The molecule has 8 atom stereocenters. The maximum Gasteiger partial charge on any atom is 0.316 e. The van der Waals surface area contributed by atoms with Gasteiger partial charge in [-0.1, -0.05) is 37.3 Å². The predicted octanol–water partition coefficient (Wildman–Crippen LogP) is 4.10. The number of carbonyl (C=O) groups is 4. The highest BCUT2D eigenvalue weighted by Gasteiger charge is 2.77. The van der Waals surface area contributed by atoms with Gasteiger partial charge >= 0.3 is 5.97 Å². The van der Waals surface area contributed by atoms with Crippen LogP contribution in [0.15, 0.2) is 23.8 Å². The van der Waals surface area contributed by atoms with Gasteiger partial charge in [-0.3, -0.25) is 19.2 Å². The lowest BCUT2D eigenvalue weighted by Gasteiger charge is -2.62. The Labute approximate surface area is 220 Å². The summed E-state index contributed by atoms with van der Waals surface area (Å²) in [6, 6.07) is 0. The van der Waals surface area contributed by atoms with Crippen molar-refractivity contribution in [1.29, 1.82) is 0 Å². The van der Waals surface area contributed by atoms with E-state index in [-0.39, 0.29) is 40.5 Å². The van der Waals surface area contributed by atoms with Crippen LogP contribution in [0.4, 0.5) is 4.39 Å². The van der Waals surface area contributed by atoms with Crippen LogP contribution in [0.25, 0.3) is 0 Å². The fraction of sp³-hybridized carbons (Fsp3) is 0.704. The third kappa shape index (κ3) is 3.70. The molecule has 0 unspecified atom stereocenters. The molecule has 0 saturated heterocycles.